The van der Waals surface area contributed by atoms with Gasteiger partial charge in [-0.1, -0.05) is 23.2 Å². The van der Waals surface area contributed by atoms with E-state index in [1.54, 1.807) is 0 Å². The summed E-state index contributed by atoms with van der Waals surface area (Å²) in [5.41, 5.74) is 0.411. The molecule has 0 atom stereocenters. The smallest absolute Gasteiger partial charge is 0.315 e. The highest BCUT2D eigenvalue weighted by atomic mass is 35.5. The Balaban J connectivity index is 2.47. The lowest BCUT2D eigenvalue weighted by molar-refractivity contribution is -0.137. The Labute approximate surface area is 111 Å². The first-order chi connectivity index (χ1) is 7.54. The summed E-state index contributed by atoms with van der Waals surface area (Å²) in [6, 6.07) is 1.54. The summed E-state index contributed by atoms with van der Waals surface area (Å²) >= 11 is 13.9. The van der Waals surface area contributed by atoms with Gasteiger partial charge in [-0.05, 0) is 6.07 Å². The lowest BCUT2D eigenvalue weighted by Crippen LogP contribution is -2.07. The van der Waals surface area contributed by atoms with Gasteiger partial charge in [0.25, 0.3) is 0 Å². The zero-order valence-electron chi connectivity index (χ0n) is 8.29. The molecule has 16 heavy (non-hydrogen) atoms. The Morgan fingerprint density at radius 1 is 1.44 bits per heavy atom. The summed E-state index contributed by atoms with van der Waals surface area (Å²) in [6.07, 6.45) is 0. The van der Waals surface area contributed by atoms with Gasteiger partial charge in [-0.25, -0.2) is 0 Å². The molecule has 0 saturated carbocycles. The van der Waals surface area contributed by atoms with Gasteiger partial charge in [0, 0.05) is 5.56 Å². The highest BCUT2D eigenvalue weighted by Crippen LogP contribution is 2.31. The van der Waals surface area contributed by atoms with Gasteiger partial charge in [0.1, 0.15) is 4.34 Å². The fourth-order valence-electron chi connectivity index (χ4n) is 0.894. The quantitative estimate of drug-likeness (QED) is 0.619. The van der Waals surface area contributed by atoms with Crippen LogP contribution in [0.3, 0.4) is 0 Å². The van der Waals surface area contributed by atoms with Crippen molar-refractivity contribution in [3.63, 3.8) is 0 Å². The molecule has 1 aromatic heterocycles. The summed E-state index contributed by atoms with van der Waals surface area (Å²) in [5, 5.41) is 0. The average Bonchev–Trinajstić information content (AvgIpc) is 2.57. The van der Waals surface area contributed by atoms with Crippen LogP contribution in [-0.4, -0.2) is 30.4 Å². The van der Waals surface area contributed by atoms with Crippen LogP contribution in [0.4, 0.5) is 0 Å². The molecule has 0 aromatic carbocycles. The zero-order chi connectivity index (χ0) is 12.1. The summed E-state index contributed by atoms with van der Waals surface area (Å²) < 4.78 is 5.31. The fraction of sp³-hybridized carbons (Fsp3) is 0.333. The second-order valence-electron chi connectivity index (χ2n) is 2.73. The Hall–Kier alpha value is -0.230. The number of rotatable bonds is 5. The maximum atomic E-state index is 11.6. The molecule has 0 aliphatic heterocycles. The number of hydrogen-bond acceptors (Lipinski definition) is 5. The third kappa shape index (κ3) is 3.97. The number of carbonyl (C=O) groups is 2. The SMILES string of the molecule is COC(=O)CSCC(=O)c1cc(Cl)sc1Cl. The summed E-state index contributed by atoms with van der Waals surface area (Å²) in [7, 11) is 1.31. The summed E-state index contributed by atoms with van der Waals surface area (Å²) in [6.45, 7) is 0. The molecule has 0 unspecified atom stereocenters. The van der Waals surface area contributed by atoms with Crippen LogP contribution in [0.25, 0.3) is 0 Å². The molecule has 0 N–H and O–H groups in total. The standard InChI is InChI=1S/C9H8Cl2O3S2/c1-14-8(13)4-15-3-6(12)5-2-7(10)16-9(5)11/h2H,3-4H2,1H3. The Bertz CT molecular complexity index is 403. The van der Waals surface area contributed by atoms with Gasteiger partial charge in [0.15, 0.2) is 5.78 Å². The van der Waals surface area contributed by atoms with Crippen LogP contribution in [0.1, 0.15) is 10.4 Å². The van der Waals surface area contributed by atoms with Gasteiger partial charge in [-0.3, -0.25) is 9.59 Å². The lowest BCUT2D eigenvalue weighted by Gasteiger charge is -1.99. The number of halogens is 2. The van der Waals surface area contributed by atoms with Gasteiger partial charge in [-0.2, -0.15) is 0 Å². The average molecular weight is 299 g/mol. The third-order valence-corrected chi connectivity index (χ3v) is 4.03. The largest absolute Gasteiger partial charge is 0.468 e. The highest BCUT2D eigenvalue weighted by Gasteiger charge is 2.14. The summed E-state index contributed by atoms with van der Waals surface area (Å²) in [5.74, 6) is -0.158. The van der Waals surface area contributed by atoms with Crippen LogP contribution in [0.15, 0.2) is 6.07 Å². The van der Waals surface area contributed by atoms with Crippen molar-refractivity contribution < 1.29 is 14.3 Å². The number of ether oxygens (including phenoxy) is 1. The summed E-state index contributed by atoms with van der Waals surface area (Å²) in [4.78, 5) is 22.4. The molecule has 0 aliphatic carbocycles. The third-order valence-electron chi connectivity index (χ3n) is 1.64. The molecule has 3 nitrogen and oxygen atoms in total. The van der Waals surface area contributed by atoms with E-state index in [-0.39, 0.29) is 23.3 Å². The van der Waals surface area contributed by atoms with Gasteiger partial charge >= 0.3 is 5.97 Å². The van der Waals surface area contributed by atoms with Crippen LogP contribution in [0.2, 0.25) is 8.67 Å². The maximum absolute atomic E-state index is 11.6. The van der Waals surface area contributed by atoms with Gasteiger partial charge in [0.2, 0.25) is 0 Å². The Morgan fingerprint density at radius 2 is 2.12 bits per heavy atom. The van der Waals surface area contributed by atoms with E-state index in [0.29, 0.717) is 14.2 Å². The molecule has 0 fully saturated rings. The molecule has 88 valence electrons. The first kappa shape index (κ1) is 13.8. The zero-order valence-corrected chi connectivity index (χ0v) is 11.4. The van der Waals surface area contributed by atoms with E-state index in [9.17, 15) is 9.59 Å². The minimum Gasteiger partial charge on any atom is -0.468 e. The maximum Gasteiger partial charge on any atom is 0.315 e. The molecule has 1 heterocycles. The first-order valence-electron chi connectivity index (χ1n) is 4.17. The molecule has 7 heteroatoms. The van der Waals surface area contributed by atoms with E-state index in [0.717, 1.165) is 11.3 Å². The molecule has 0 aliphatic rings. The number of carbonyl (C=O) groups excluding carboxylic acids is 2. The van der Waals surface area contributed by atoms with Crippen molar-refractivity contribution >= 4 is 58.1 Å². The second kappa shape index (κ2) is 6.49. The van der Waals surface area contributed by atoms with Crippen LogP contribution in [0.5, 0.6) is 0 Å². The van der Waals surface area contributed by atoms with E-state index >= 15 is 0 Å². The van der Waals surface area contributed by atoms with Crippen molar-refractivity contribution in [3.05, 3.63) is 20.3 Å². The molecule has 0 spiro atoms. The number of methoxy groups -OCH3 is 1. The molecule has 0 amide bonds. The van der Waals surface area contributed by atoms with Crippen LogP contribution in [0, 0.1) is 0 Å². The predicted molar refractivity (Wildman–Crippen MR) is 68.0 cm³/mol. The lowest BCUT2D eigenvalue weighted by atomic mass is 10.2. The number of hydrogen-bond donors (Lipinski definition) is 0. The second-order valence-corrected chi connectivity index (χ2v) is 6.00. The topological polar surface area (TPSA) is 43.4 Å². The van der Waals surface area contributed by atoms with Crippen molar-refractivity contribution in [1.29, 1.82) is 0 Å². The first-order valence-corrected chi connectivity index (χ1v) is 6.90. The van der Waals surface area contributed by atoms with Crippen LogP contribution >= 0.6 is 46.3 Å². The van der Waals surface area contributed by atoms with Crippen LogP contribution in [-0.2, 0) is 9.53 Å². The monoisotopic (exact) mass is 298 g/mol. The number of esters is 1. The van der Waals surface area contributed by atoms with Crippen molar-refractivity contribution in [2.75, 3.05) is 18.6 Å². The normalized spacial score (nSPS) is 10.2. The minimum absolute atomic E-state index is 0.137. The number of thioether (sulfide) groups is 1. The minimum atomic E-state index is -0.354. The van der Waals surface area contributed by atoms with Gasteiger partial charge < -0.3 is 4.74 Å². The van der Waals surface area contributed by atoms with Crippen molar-refractivity contribution in [2.24, 2.45) is 0 Å². The Kier molecular flexibility index (Phi) is 5.61. The van der Waals surface area contributed by atoms with Gasteiger partial charge in [0.05, 0.1) is 23.0 Å². The molecular formula is C9H8Cl2O3S2. The highest BCUT2D eigenvalue weighted by molar-refractivity contribution is 8.00. The number of Topliss-reactive ketones (excluding diaryl/α,β-unsaturated/α-hetero) is 1. The van der Waals surface area contributed by atoms with E-state index in [1.165, 1.54) is 24.9 Å². The predicted octanol–water partition coefficient (Wildman–Crippen LogP) is 3.14. The van der Waals surface area contributed by atoms with E-state index < -0.39 is 0 Å². The number of ketones is 1. The van der Waals surface area contributed by atoms with Crippen molar-refractivity contribution in [3.8, 4) is 0 Å². The van der Waals surface area contributed by atoms with E-state index in [1.807, 2.05) is 0 Å². The van der Waals surface area contributed by atoms with E-state index in [4.69, 9.17) is 23.2 Å². The van der Waals surface area contributed by atoms with Gasteiger partial charge in [-0.15, -0.1) is 23.1 Å². The molecule has 0 bridgehead atoms. The Morgan fingerprint density at radius 3 is 2.62 bits per heavy atom. The molecular weight excluding hydrogens is 291 g/mol. The fourth-order valence-corrected chi connectivity index (χ4v) is 3.12. The molecule has 1 rings (SSSR count). The molecule has 0 radical (unpaired) electrons. The molecule has 0 saturated heterocycles. The molecule has 1 aromatic rings. The number of thiophene rings is 1. The van der Waals surface area contributed by atoms with Crippen molar-refractivity contribution in [2.45, 2.75) is 0 Å². The van der Waals surface area contributed by atoms with Crippen LogP contribution < -0.4 is 0 Å². The van der Waals surface area contributed by atoms with E-state index in [2.05, 4.69) is 4.74 Å². The van der Waals surface area contributed by atoms with Crippen molar-refractivity contribution in [1.82, 2.24) is 0 Å².